The number of methoxy groups -OCH3 is 2. The van der Waals surface area contributed by atoms with Gasteiger partial charge < -0.3 is 14.4 Å². The van der Waals surface area contributed by atoms with E-state index >= 15 is 0 Å². The van der Waals surface area contributed by atoms with Gasteiger partial charge in [0.05, 0.1) is 31.2 Å². The van der Waals surface area contributed by atoms with Gasteiger partial charge in [-0.25, -0.2) is 9.78 Å². The molecule has 1 aliphatic rings. The van der Waals surface area contributed by atoms with Crippen LogP contribution in [-0.4, -0.2) is 45.7 Å². The fraction of sp³-hybridized carbons (Fsp3) is 0.364. The highest BCUT2D eigenvalue weighted by molar-refractivity contribution is 5.97. The molecule has 1 atom stereocenters. The smallest absolute Gasteiger partial charge is 0.332 e. The number of aryl methyl sites for hydroxylation is 1. The van der Waals surface area contributed by atoms with E-state index in [0.29, 0.717) is 23.6 Å². The summed E-state index contributed by atoms with van der Waals surface area (Å²) >= 11 is 0. The number of ether oxygens (including phenoxy) is 2. The lowest BCUT2D eigenvalue weighted by molar-refractivity contribution is 0.0734. The molecule has 9 heteroatoms. The van der Waals surface area contributed by atoms with Crippen LogP contribution in [0, 0.1) is 0 Å². The van der Waals surface area contributed by atoms with Crippen LogP contribution in [0.5, 0.6) is 11.5 Å². The number of fused-ring (bicyclic) bond motifs is 1. The molecule has 0 saturated carbocycles. The average molecular weight is 424 g/mol. The zero-order chi connectivity index (χ0) is 22.3. The Balaban J connectivity index is 1.75. The number of nitrogens with zero attached hydrogens (tertiary/aromatic N) is 4. The summed E-state index contributed by atoms with van der Waals surface area (Å²) in [5.41, 5.74) is 0.522. The third-order valence-electron chi connectivity index (χ3n) is 5.85. The van der Waals surface area contributed by atoms with Gasteiger partial charge in [0.15, 0.2) is 0 Å². The number of hydrogen-bond acceptors (Lipinski definition) is 6. The molecule has 0 spiro atoms. The zero-order valence-corrected chi connectivity index (χ0v) is 17.9. The molecule has 4 rings (SSSR count). The van der Waals surface area contributed by atoms with E-state index in [0.717, 1.165) is 23.0 Å². The Hall–Kier alpha value is -3.62. The first kappa shape index (κ1) is 20.6. The topological polar surface area (TPSA) is 95.7 Å². The molecule has 2 aromatic heterocycles. The van der Waals surface area contributed by atoms with Crippen LogP contribution in [0.15, 0.2) is 40.1 Å². The molecule has 0 aliphatic carbocycles. The summed E-state index contributed by atoms with van der Waals surface area (Å²) in [6.07, 6.45) is 3.07. The molecule has 9 nitrogen and oxygen atoms in total. The van der Waals surface area contributed by atoms with Crippen molar-refractivity contribution < 1.29 is 14.3 Å². The summed E-state index contributed by atoms with van der Waals surface area (Å²) in [7, 11) is 6.13. The fourth-order valence-electron chi connectivity index (χ4n) is 4.17. The van der Waals surface area contributed by atoms with Crippen LogP contribution < -0.4 is 20.7 Å². The Labute approximate surface area is 178 Å². The van der Waals surface area contributed by atoms with Gasteiger partial charge in [0.25, 0.3) is 11.5 Å². The van der Waals surface area contributed by atoms with Crippen LogP contribution in [0.2, 0.25) is 0 Å². The van der Waals surface area contributed by atoms with Crippen LogP contribution in [-0.2, 0) is 14.1 Å². The molecule has 162 valence electrons. The maximum Gasteiger partial charge on any atom is 0.332 e. The first-order valence-corrected chi connectivity index (χ1v) is 9.96. The summed E-state index contributed by atoms with van der Waals surface area (Å²) in [5.74, 6) is 1.12. The Morgan fingerprint density at radius 2 is 1.87 bits per heavy atom. The Kier molecular flexibility index (Phi) is 5.26. The maximum atomic E-state index is 13.4. The number of likely N-dealkylation sites (tertiary alicyclic amines) is 1. The minimum absolute atomic E-state index is 0.160. The number of carbonyl (C=O) groups is 1. The van der Waals surface area contributed by atoms with Crippen LogP contribution in [0.4, 0.5) is 0 Å². The number of carbonyl (C=O) groups excluding carboxylic acids is 1. The van der Waals surface area contributed by atoms with E-state index in [2.05, 4.69) is 4.98 Å². The zero-order valence-electron chi connectivity index (χ0n) is 17.9. The van der Waals surface area contributed by atoms with Crippen molar-refractivity contribution in [3.8, 4) is 11.5 Å². The largest absolute Gasteiger partial charge is 0.497 e. The van der Waals surface area contributed by atoms with Gasteiger partial charge >= 0.3 is 5.69 Å². The van der Waals surface area contributed by atoms with Gasteiger partial charge in [-0.15, -0.1) is 0 Å². The van der Waals surface area contributed by atoms with Gasteiger partial charge in [-0.05, 0) is 31.0 Å². The minimum Gasteiger partial charge on any atom is -0.497 e. The van der Waals surface area contributed by atoms with Gasteiger partial charge in [-0.1, -0.05) is 0 Å². The van der Waals surface area contributed by atoms with E-state index < -0.39 is 11.2 Å². The monoisotopic (exact) mass is 424 g/mol. The summed E-state index contributed by atoms with van der Waals surface area (Å²) in [4.78, 5) is 44.1. The number of pyridine rings is 1. The predicted octanol–water partition coefficient (Wildman–Crippen LogP) is 1.63. The molecule has 31 heavy (non-hydrogen) atoms. The standard InChI is InChI=1S/C22H24N4O5/c1-24-19-16(21(28)25(2)22(24)29)10-13(12-23-19)20(27)26-9-5-6-17(26)15-8-7-14(30-3)11-18(15)31-4/h7-8,10-12,17H,5-6,9H2,1-4H3/t17-/m0/s1. The van der Waals surface area contributed by atoms with Gasteiger partial charge in [-0.2, -0.15) is 0 Å². The van der Waals surface area contributed by atoms with Crippen molar-refractivity contribution in [1.29, 1.82) is 0 Å². The molecular weight excluding hydrogens is 400 g/mol. The molecule has 1 fully saturated rings. The summed E-state index contributed by atoms with van der Waals surface area (Å²) in [5, 5.41) is 0.230. The van der Waals surface area contributed by atoms with E-state index in [1.807, 2.05) is 12.1 Å². The van der Waals surface area contributed by atoms with Gasteiger partial charge in [-0.3, -0.25) is 18.7 Å². The van der Waals surface area contributed by atoms with Gasteiger partial charge in [0.2, 0.25) is 0 Å². The second-order valence-electron chi connectivity index (χ2n) is 7.57. The summed E-state index contributed by atoms with van der Waals surface area (Å²) in [6, 6.07) is 6.93. The maximum absolute atomic E-state index is 13.4. The molecule has 0 bridgehead atoms. The van der Waals surface area contributed by atoms with Crippen molar-refractivity contribution in [2.24, 2.45) is 14.1 Å². The van der Waals surface area contributed by atoms with Crippen LogP contribution in [0.1, 0.15) is 34.8 Å². The predicted molar refractivity (Wildman–Crippen MR) is 115 cm³/mol. The second-order valence-corrected chi connectivity index (χ2v) is 7.57. The van der Waals surface area contributed by atoms with Crippen molar-refractivity contribution in [3.05, 3.63) is 62.4 Å². The van der Waals surface area contributed by atoms with Crippen molar-refractivity contribution in [2.45, 2.75) is 18.9 Å². The molecule has 1 aromatic carbocycles. The highest BCUT2D eigenvalue weighted by atomic mass is 16.5. The van der Waals surface area contributed by atoms with E-state index in [1.165, 1.54) is 23.9 Å². The number of benzene rings is 1. The van der Waals surface area contributed by atoms with Crippen molar-refractivity contribution in [1.82, 2.24) is 19.0 Å². The molecule has 1 amide bonds. The lowest BCUT2D eigenvalue weighted by Gasteiger charge is -2.26. The summed E-state index contributed by atoms with van der Waals surface area (Å²) < 4.78 is 13.1. The Bertz CT molecular complexity index is 1290. The second kappa shape index (κ2) is 7.90. The lowest BCUT2D eigenvalue weighted by Crippen LogP contribution is -2.37. The quantitative estimate of drug-likeness (QED) is 0.632. The van der Waals surface area contributed by atoms with Crippen LogP contribution in [0.3, 0.4) is 0 Å². The van der Waals surface area contributed by atoms with E-state index in [1.54, 1.807) is 32.2 Å². The third kappa shape index (κ3) is 3.35. The number of hydrogen-bond donors (Lipinski definition) is 0. The van der Waals surface area contributed by atoms with Crippen LogP contribution >= 0.6 is 0 Å². The molecule has 3 aromatic rings. The molecule has 0 N–H and O–H groups in total. The third-order valence-corrected chi connectivity index (χ3v) is 5.85. The lowest BCUT2D eigenvalue weighted by atomic mass is 10.0. The molecule has 1 saturated heterocycles. The number of amides is 1. The normalized spacial score (nSPS) is 16.0. The molecule has 0 unspecified atom stereocenters. The van der Waals surface area contributed by atoms with Crippen molar-refractivity contribution >= 4 is 16.9 Å². The van der Waals surface area contributed by atoms with Crippen molar-refractivity contribution in [3.63, 3.8) is 0 Å². The number of aromatic nitrogens is 3. The SMILES string of the molecule is COc1ccc([C@@H]2CCCN2C(=O)c2cnc3c(c2)c(=O)n(C)c(=O)n3C)c(OC)c1. The Morgan fingerprint density at radius 3 is 2.58 bits per heavy atom. The van der Waals surface area contributed by atoms with E-state index in [9.17, 15) is 14.4 Å². The Morgan fingerprint density at radius 1 is 1.10 bits per heavy atom. The molecule has 0 radical (unpaired) electrons. The molecule has 3 heterocycles. The molecule has 1 aliphatic heterocycles. The van der Waals surface area contributed by atoms with E-state index in [-0.39, 0.29) is 23.0 Å². The fourth-order valence-corrected chi connectivity index (χ4v) is 4.17. The first-order valence-electron chi connectivity index (χ1n) is 9.96. The number of rotatable bonds is 4. The highest BCUT2D eigenvalue weighted by Gasteiger charge is 2.33. The average Bonchev–Trinajstić information content (AvgIpc) is 3.29. The van der Waals surface area contributed by atoms with E-state index in [4.69, 9.17) is 9.47 Å². The van der Waals surface area contributed by atoms with Crippen molar-refractivity contribution in [2.75, 3.05) is 20.8 Å². The summed E-state index contributed by atoms with van der Waals surface area (Å²) in [6.45, 7) is 0.585. The molecular formula is C22H24N4O5. The highest BCUT2D eigenvalue weighted by Crippen LogP contribution is 2.39. The van der Waals surface area contributed by atoms with Gasteiger partial charge in [0.1, 0.15) is 17.1 Å². The van der Waals surface area contributed by atoms with Crippen LogP contribution in [0.25, 0.3) is 11.0 Å². The van der Waals surface area contributed by atoms with Gasteiger partial charge in [0, 0.05) is 38.5 Å². The minimum atomic E-state index is -0.477. The first-order chi connectivity index (χ1) is 14.9.